The summed E-state index contributed by atoms with van der Waals surface area (Å²) in [6.45, 7) is 8.67. The molecule has 1 amide bonds. The Labute approximate surface area is 195 Å². The summed E-state index contributed by atoms with van der Waals surface area (Å²) in [5.41, 5.74) is 2.63. The highest BCUT2D eigenvalue weighted by molar-refractivity contribution is 6.03. The molecule has 3 aromatic heterocycles. The molecule has 4 heterocycles. The molecule has 10 heteroatoms. The van der Waals surface area contributed by atoms with Gasteiger partial charge in [-0.15, -0.1) is 0 Å². The first kappa shape index (κ1) is 22.2. The number of ether oxygens (including phenoxy) is 1. The number of hydrogen-bond donors (Lipinski definition) is 1. The van der Waals surface area contributed by atoms with E-state index in [1.807, 2.05) is 6.20 Å². The molecule has 0 saturated carbocycles. The summed E-state index contributed by atoms with van der Waals surface area (Å²) in [6.07, 6.45) is 5.52. The monoisotopic (exact) mass is 464 g/mol. The van der Waals surface area contributed by atoms with Crippen molar-refractivity contribution in [3.63, 3.8) is 0 Å². The van der Waals surface area contributed by atoms with E-state index < -0.39 is 11.7 Å². The van der Waals surface area contributed by atoms with Crippen LogP contribution < -0.4 is 5.32 Å². The van der Waals surface area contributed by atoms with Gasteiger partial charge in [-0.1, -0.05) is 0 Å². The van der Waals surface area contributed by atoms with Gasteiger partial charge in [0.05, 0.1) is 24.6 Å². The van der Waals surface area contributed by atoms with Gasteiger partial charge >= 0.3 is 0 Å². The highest BCUT2D eigenvalue weighted by Gasteiger charge is 2.21. The lowest BCUT2D eigenvalue weighted by molar-refractivity contribution is 0.0197. The summed E-state index contributed by atoms with van der Waals surface area (Å²) in [4.78, 5) is 28.0. The maximum absolute atomic E-state index is 14.7. The number of rotatable bonds is 5. The fraction of sp³-hybridized carbons (Fsp3) is 0.333. The second kappa shape index (κ2) is 8.96. The van der Waals surface area contributed by atoms with Crippen LogP contribution in [-0.4, -0.2) is 56.5 Å². The van der Waals surface area contributed by atoms with Gasteiger partial charge in [-0.2, -0.15) is 0 Å². The first-order chi connectivity index (χ1) is 16.4. The lowest BCUT2D eigenvalue weighted by atomic mass is 10.1. The number of amides is 1. The number of aryl methyl sites for hydroxylation is 2. The fourth-order valence-electron chi connectivity index (χ4n) is 4.15. The van der Waals surface area contributed by atoms with Crippen molar-refractivity contribution in [2.75, 3.05) is 31.6 Å². The predicted octanol–water partition coefficient (Wildman–Crippen LogP) is 3.79. The zero-order chi connectivity index (χ0) is 23.8. The summed E-state index contributed by atoms with van der Waals surface area (Å²) in [5.74, 6) is 0.0998. The normalized spacial score (nSPS) is 15.5. The minimum atomic E-state index is -0.450. The number of benzene rings is 1. The van der Waals surface area contributed by atoms with E-state index in [0.29, 0.717) is 28.7 Å². The van der Waals surface area contributed by atoms with Gasteiger partial charge in [-0.05, 0) is 32.0 Å². The number of aromatic nitrogens is 4. The number of fused-ring (bicyclic) bond motifs is 1. The van der Waals surface area contributed by atoms with Crippen LogP contribution in [-0.2, 0) is 4.74 Å². The van der Waals surface area contributed by atoms with Crippen molar-refractivity contribution in [2.24, 2.45) is 0 Å². The molecule has 4 aromatic rings. The first-order valence-electron chi connectivity index (χ1n) is 11.1. The van der Waals surface area contributed by atoms with Crippen molar-refractivity contribution in [2.45, 2.75) is 26.8 Å². The zero-order valence-corrected chi connectivity index (χ0v) is 19.2. The molecule has 1 unspecified atom stereocenters. The molecule has 1 aliphatic heterocycles. The van der Waals surface area contributed by atoms with Gasteiger partial charge in [0, 0.05) is 61.5 Å². The molecule has 5 rings (SSSR count). The van der Waals surface area contributed by atoms with Crippen molar-refractivity contribution in [3.8, 4) is 11.3 Å². The third kappa shape index (κ3) is 4.29. The van der Waals surface area contributed by atoms with Crippen molar-refractivity contribution in [3.05, 3.63) is 65.5 Å². The van der Waals surface area contributed by atoms with Crippen LogP contribution >= 0.6 is 0 Å². The average Bonchev–Trinajstić information content (AvgIpc) is 3.42. The lowest BCUT2D eigenvalue weighted by Gasteiger charge is -2.32. The average molecular weight is 465 g/mol. The van der Waals surface area contributed by atoms with Crippen LogP contribution in [0.5, 0.6) is 0 Å². The molecule has 0 aliphatic carbocycles. The van der Waals surface area contributed by atoms with Crippen LogP contribution in [0.4, 0.5) is 10.1 Å². The molecular weight excluding hydrogens is 439 g/mol. The second-order valence-corrected chi connectivity index (χ2v) is 8.34. The molecule has 1 N–H and O–H groups in total. The number of nitrogens with one attached hydrogen (secondary N) is 1. The Morgan fingerprint density at radius 2 is 1.97 bits per heavy atom. The van der Waals surface area contributed by atoms with Gasteiger partial charge in [0.1, 0.15) is 5.82 Å². The summed E-state index contributed by atoms with van der Waals surface area (Å²) < 4.78 is 27.3. The second-order valence-electron chi connectivity index (χ2n) is 8.34. The number of carbonyl (C=O) groups excluding carboxylic acids is 1. The molecule has 1 fully saturated rings. The molecule has 1 aliphatic rings. The quantitative estimate of drug-likeness (QED) is 0.480. The summed E-state index contributed by atoms with van der Waals surface area (Å²) >= 11 is 0. The van der Waals surface area contributed by atoms with Gasteiger partial charge in [0.2, 0.25) is 11.5 Å². The van der Waals surface area contributed by atoms with E-state index in [9.17, 15) is 9.18 Å². The smallest absolute Gasteiger partial charge is 0.293 e. The van der Waals surface area contributed by atoms with Crippen LogP contribution in [0, 0.1) is 19.7 Å². The third-order valence-electron chi connectivity index (χ3n) is 6.02. The zero-order valence-electron chi connectivity index (χ0n) is 19.2. The number of hydrogen-bond acceptors (Lipinski definition) is 7. The van der Waals surface area contributed by atoms with Crippen LogP contribution in [0.25, 0.3) is 17.0 Å². The van der Waals surface area contributed by atoms with Crippen LogP contribution in [0.15, 0.2) is 41.2 Å². The number of oxazole rings is 1. The van der Waals surface area contributed by atoms with Gasteiger partial charge < -0.3 is 14.5 Å². The highest BCUT2D eigenvalue weighted by atomic mass is 19.1. The van der Waals surface area contributed by atoms with E-state index in [-0.39, 0.29) is 17.4 Å². The van der Waals surface area contributed by atoms with Crippen molar-refractivity contribution in [1.82, 2.24) is 24.3 Å². The summed E-state index contributed by atoms with van der Waals surface area (Å²) in [5, 5.41) is 2.74. The van der Waals surface area contributed by atoms with Gasteiger partial charge in [-0.25, -0.2) is 19.3 Å². The largest absolute Gasteiger partial charge is 0.436 e. The minimum Gasteiger partial charge on any atom is -0.436 e. The number of carbonyl (C=O) groups is 1. The topological polar surface area (TPSA) is 97.8 Å². The van der Waals surface area contributed by atoms with Gasteiger partial charge in [-0.3, -0.25) is 14.1 Å². The third-order valence-corrected chi connectivity index (χ3v) is 6.02. The Balaban J connectivity index is 1.41. The number of halogens is 1. The highest BCUT2D eigenvalue weighted by Crippen LogP contribution is 2.27. The molecule has 9 nitrogen and oxygen atoms in total. The molecule has 1 atom stereocenters. The van der Waals surface area contributed by atoms with E-state index in [0.717, 1.165) is 31.9 Å². The fourth-order valence-corrected chi connectivity index (χ4v) is 4.15. The number of anilines is 1. The summed E-state index contributed by atoms with van der Waals surface area (Å²) in [6, 6.07) is 4.51. The Hall–Kier alpha value is -3.63. The molecule has 1 aromatic carbocycles. The maximum Gasteiger partial charge on any atom is 0.293 e. The van der Waals surface area contributed by atoms with E-state index in [2.05, 4.69) is 32.1 Å². The van der Waals surface area contributed by atoms with Crippen LogP contribution in [0.2, 0.25) is 0 Å². The molecule has 1 saturated heterocycles. The Morgan fingerprint density at radius 1 is 1.18 bits per heavy atom. The van der Waals surface area contributed by atoms with Crippen LogP contribution in [0.1, 0.15) is 40.7 Å². The maximum atomic E-state index is 14.7. The Kier molecular flexibility index (Phi) is 5.84. The predicted molar refractivity (Wildman–Crippen MR) is 123 cm³/mol. The van der Waals surface area contributed by atoms with E-state index in [4.69, 9.17) is 9.15 Å². The Bertz CT molecular complexity index is 1360. The van der Waals surface area contributed by atoms with E-state index in [1.54, 1.807) is 36.7 Å². The molecule has 0 radical (unpaired) electrons. The molecule has 0 bridgehead atoms. The van der Waals surface area contributed by atoms with Crippen molar-refractivity contribution < 1.29 is 18.3 Å². The standard InChI is InChI=1S/C24H25FN6O3/c1-14-22(34-16(3)27-14)23(32)28-18-4-5-20(25)19(10-18)21-13-31-12-17(11-26-24(31)29-21)15(2)30-6-8-33-9-7-30/h4-5,10-13,15H,6-9H2,1-3H3,(H,28,32). The van der Waals surface area contributed by atoms with Crippen molar-refractivity contribution >= 4 is 17.4 Å². The minimum absolute atomic E-state index is 0.127. The summed E-state index contributed by atoms with van der Waals surface area (Å²) in [7, 11) is 0. The van der Waals surface area contributed by atoms with E-state index in [1.165, 1.54) is 12.1 Å². The van der Waals surface area contributed by atoms with Crippen molar-refractivity contribution in [1.29, 1.82) is 0 Å². The SMILES string of the molecule is Cc1nc(C)c(C(=O)Nc2ccc(F)c(-c3cn4cc(C(C)N5CCOCC5)cnc4n3)c2)o1. The molecule has 176 valence electrons. The molecule has 0 spiro atoms. The van der Waals surface area contributed by atoms with Crippen LogP contribution in [0.3, 0.4) is 0 Å². The lowest BCUT2D eigenvalue weighted by Crippen LogP contribution is -2.38. The van der Waals surface area contributed by atoms with E-state index >= 15 is 0 Å². The van der Waals surface area contributed by atoms with Gasteiger partial charge in [0.15, 0.2) is 5.89 Å². The molecule has 34 heavy (non-hydrogen) atoms. The van der Waals surface area contributed by atoms with Gasteiger partial charge in [0.25, 0.3) is 5.91 Å². The number of nitrogens with zero attached hydrogens (tertiary/aromatic N) is 5. The number of morpholine rings is 1. The molecular formula is C24H25FN6O3. The first-order valence-corrected chi connectivity index (χ1v) is 11.1. The number of imidazole rings is 1. The Morgan fingerprint density at radius 3 is 2.71 bits per heavy atom.